The number of benzene rings is 1. The fourth-order valence-electron chi connectivity index (χ4n) is 1.92. The molecule has 0 saturated carbocycles. The molecule has 1 unspecified atom stereocenters. The van der Waals surface area contributed by atoms with Crippen molar-refractivity contribution in [2.75, 3.05) is 0 Å². The summed E-state index contributed by atoms with van der Waals surface area (Å²) in [5.41, 5.74) is 6.77. The average molecular weight is 383 g/mol. The minimum absolute atomic E-state index is 0.129. The lowest BCUT2D eigenvalue weighted by atomic mass is 9.98. The number of carbonyl (C=O) groups excluding carboxylic acids is 1. The van der Waals surface area contributed by atoms with Crippen molar-refractivity contribution in [3.8, 4) is 0 Å². The maximum atomic E-state index is 12.3. The van der Waals surface area contributed by atoms with Crippen LogP contribution in [0.15, 0.2) is 46.3 Å². The predicted molar refractivity (Wildman–Crippen MR) is 94.3 cm³/mol. The van der Waals surface area contributed by atoms with Gasteiger partial charge in [0, 0.05) is 14.7 Å². The number of nitrogens with one attached hydrogen (secondary N) is 1. The van der Waals surface area contributed by atoms with Gasteiger partial charge in [0.05, 0.1) is 17.5 Å². The molecular weight excluding hydrogens is 368 g/mol. The lowest BCUT2D eigenvalue weighted by Crippen LogP contribution is -2.38. The fraction of sp³-hybridized carbons (Fsp3) is 0.200. The third kappa shape index (κ3) is 4.91. The number of hydrogen-bond donors (Lipinski definition) is 2. The Morgan fingerprint density at radius 1 is 1.38 bits per heavy atom. The standard InChI is InChI=1S/C15H15BrN2OS2/c16-11-7-12(21-9-11)8-18-15(19)13(14(17)20)6-10-4-2-1-3-5-10/h1-5,7,9,13H,6,8H2,(H2,17,20)(H,18,19). The first-order valence-corrected chi connectivity index (χ1v) is 8.48. The quantitative estimate of drug-likeness (QED) is 0.753. The predicted octanol–water partition coefficient (Wildman–Crippen LogP) is 3.27. The molecule has 0 fully saturated rings. The van der Waals surface area contributed by atoms with Crippen molar-refractivity contribution >= 4 is 50.4 Å². The maximum Gasteiger partial charge on any atom is 0.230 e. The Morgan fingerprint density at radius 3 is 2.67 bits per heavy atom. The molecule has 3 N–H and O–H groups in total. The molecule has 0 aliphatic carbocycles. The summed E-state index contributed by atoms with van der Waals surface area (Å²) in [4.78, 5) is 13.6. The highest BCUT2D eigenvalue weighted by Gasteiger charge is 2.21. The number of halogens is 1. The van der Waals surface area contributed by atoms with E-state index >= 15 is 0 Å². The Balaban J connectivity index is 1.97. The number of amides is 1. The van der Waals surface area contributed by atoms with E-state index in [2.05, 4.69) is 21.2 Å². The van der Waals surface area contributed by atoms with Gasteiger partial charge in [-0.25, -0.2) is 0 Å². The number of thiocarbonyl (C=S) groups is 1. The van der Waals surface area contributed by atoms with E-state index in [-0.39, 0.29) is 10.9 Å². The molecule has 0 aliphatic heterocycles. The van der Waals surface area contributed by atoms with Gasteiger partial charge in [0.15, 0.2) is 0 Å². The highest BCUT2D eigenvalue weighted by molar-refractivity contribution is 9.10. The molecule has 6 heteroatoms. The van der Waals surface area contributed by atoms with Gasteiger partial charge in [-0.3, -0.25) is 4.79 Å². The summed E-state index contributed by atoms with van der Waals surface area (Å²) in [5.74, 6) is -0.610. The van der Waals surface area contributed by atoms with Crippen LogP contribution in [0.2, 0.25) is 0 Å². The van der Waals surface area contributed by atoms with E-state index in [1.807, 2.05) is 41.8 Å². The van der Waals surface area contributed by atoms with Gasteiger partial charge in [0.1, 0.15) is 0 Å². The molecule has 21 heavy (non-hydrogen) atoms. The molecule has 1 heterocycles. The first-order chi connectivity index (χ1) is 10.1. The molecule has 0 spiro atoms. The zero-order valence-corrected chi connectivity index (χ0v) is 14.4. The number of hydrogen-bond acceptors (Lipinski definition) is 3. The molecule has 0 aliphatic rings. The Kier molecular flexibility index (Phi) is 5.90. The van der Waals surface area contributed by atoms with Crippen LogP contribution >= 0.6 is 39.5 Å². The van der Waals surface area contributed by atoms with Gasteiger partial charge >= 0.3 is 0 Å². The van der Waals surface area contributed by atoms with Crippen LogP contribution in [0.5, 0.6) is 0 Å². The molecular formula is C15H15BrN2OS2. The largest absolute Gasteiger partial charge is 0.393 e. The van der Waals surface area contributed by atoms with Gasteiger partial charge in [-0.15, -0.1) is 11.3 Å². The minimum atomic E-state index is -0.481. The van der Waals surface area contributed by atoms with Crippen LogP contribution in [0.3, 0.4) is 0 Å². The second-order valence-corrected chi connectivity index (χ2v) is 6.98. The zero-order chi connectivity index (χ0) is 15.2. The Labute approximate surface area is 141 Å². The van der Waals surface area contributed by atoms with Gasteiger partial charge in [-0.1, -0.05) is 42.5 Å². The smallest absolute Gasteiger partial charge is 0.230 e. The molecule has 110 valence electrons. The van der Waals surface area contributed by atoms with E-state index in [0.717, 1.165) is 14.9 Å². The van der Waals surface area contributed by atoms with Crippen LogP contribution in [-0.2, 0) is 17.8 Å². The van der Waals surface area contributed by atoms with Gasteiger partial charge < -0.3 is 11.1 Å². The lowest BCUT2D eigenvalue weighted by molar-refractivity contribution is -0.123. The number of thiophene rings is 1. The van der Waals surface area contributed by atoms with Crippen molar-refractivity contribution in [3.05, 3.63) is 56.7 Å². The van der Waals surface area contributed by atoms with Gasteiger partial charge in [-0.05, 0) is 34.0 Å². The summed E-state index contributed by atoms with van der Waals surface area (Å²) in [6.07, 6.45) is 0.524. The monoisotopic (exact) mass is 382 g/mol. The summed E-state index contributed by atoms with van der Waals surface area (Å²) < 4.78 is 1.02. The van der Waals surface area contributed by atoms with Crippen LogP contribution in [0.25, 0.3) is 0 Å². The molecule has 1 aromatic carbocycles. The normalized spacial score (nSPS) is 11.9. The molecule has 2 rings (SSSR count). The Bertz CT molecular complexity index is 628. The summed E-state index contributed by atoms with van der Waals surface area (Å²) in [6.45, 7) is 0.489. The molecule has 0 radical (unpaired) electrons. The molecule has 0 bridgehead atoms. The Hall–Kier alpha value is -1.24. The minimum Gasteiger partial charge on any atom is -0.393 e. The summed E-state index contributed by atoms with van der Waals surface area (Å²) >= 11 is 10.0. The van der Waals surface area contributed by atoms with E-state index in [4.69, 9.17) is 18.0 Å². The zero-order valence-electron chi connectivity index (χ0n) is 11.2. The van der Waals surface area contributed by atoms with E-state index in [9.17, 15) is 4.79 Å². The Morgan fingerprint density at radius 2 is 2.10 bits per heavy atom. The highest BCUT2D eigenvalue weighted by atomic mass is 79.9. The number of carbonyl (C=O) groups is 1. The van der Waals surface area contributed by atoms with Crippen molar-refractivity contribution in [1.82, 2.24) is 5.32 Å². The summed E-state index contributed by atoms with van der Waals surface area (Å²) in [7, 11) is 0. The molecule has 1 aromatic heterocycles. The van der Waals surface area contributed by atoms with E-state index in [0.29, 0.717) is 13.0 Å². The molecule has 1 amide bonds. The van der Waals surface area contributed by atoms with Crippen molar-refractivity contribution < 1.29 is 4.79 Å². The second-order valence-electron chi connectivity index (χ2n) is 4.59. The average Bonchev–Trinajstić information content (AvgIpc) is 2.89. The molecule has 0 saturated heterocycles. The van der Waals surface area contributed by atoms with Gasteiger partial charge in [0.2, 0.25) is 5.91 Å². The first-order valence-electron chi connectivity index (χ1n) is 6.40. The SMILES string of the molecule is NC(=S)C(Cc1ccccc1)C(=O)NCc1cc(Br)cs1. The molecule has 3 nitrogen and oxygen atoms in total. The lowest BCUT2D eigenvalue weighted by Gasteiger charge is -2.15. The van der Waals surface area contributed by atoms with Crippen LogP contribution in [-0.4, -0.2) is 10.9 Å². The van der Waals surface area contributed by atoms with Crippen molar-refractivity contribution in [1.29, 1.82) is 0 Å². The third-order valence-electron chi connectivity index (χ3n) is 3.00. The van der Waals surface area contributed by atoms with E-state index < -0.39 is 5.92 Å². The third-order valence-corrected chi connectivity index (χ3v) is 4.98. The van der Waals surface area contributed by atoms with Crippen LogP contribution < -0.4 is 11.1 Å². The van der Waals surface area contributed by atoms with Crippen molar-refractivity contribution in [2.24, 2.45) is 11.7 Å². The molecule has 2 aromatic rings. The van der Waals surface area contributed by atoms with Crippen LogP contribution in [0.1, 0.15) is 10.4 Å². The fourth-order valence-corrected chi connectivity index (χ4v) is 3.50. The first kappa shape index (κ1) is 16.1. The second kappa shape index (κ2) is 7.68. The number of rotatable bonds is 6. The van der Waals surface area contributed by atoms with Crippen molar-refractivity contribution in [3.63, 3.8) is 0 Å². The van der Waals surface area contributed by atoms with Gasteiger partial charge in [-0.2, -0.15) is 0 Å². The molecule has 1 atom stereocenters. The summed E-state index contributed by atoms with van der Waals surface area (Å²) in [5, 5.41) is 4.88. The van der Waals surface area contributed by atoms with E-state index in [1.165, 1.54) is 0 Å². The highest BCUT2D eigenvalue weighted by Crippen LogP contribution is 2.19. The summed E-state index contributed by atoms with van der Waals surface area (Å²) in [6, 6.07) is 11.7. The van der Waals surface area contributed by atoms with Crippen LogP contribution in [0, 0.1) is 5.92 Å². The number of nitrogens with two attached hydrogens (primary N) is 1. The van der Waals surface area contributed by atoms with Gasteiger partial charge in [0.25, 0.3) is 0 Å². The van der Waals surface area contributed by atoms with Crippen LogP contribution in [0.4, 0.5) is 0 Å². The van der Waals surface area contributed by atoms with E-state index in [1.54, 1.807) is 11.3 Å². The maximum absolute atomic E-state index is 12.3. The topological polar surface area (TPSA) is 55.1 Å². The van der Waals surface area contributed by atoms with Crippen molar-refractivity contribution in [2.45, 2.75) is 13.0 Å².